The average molecular weight is 288 g/mol. The molecule has 0 aliphatic heterocycles. The van der Waals surface area contributed by atoms with Gasteiger partial charge in [-0.15, -0.1) is 0 Å². The number of nitrogens with zero attached hydrogens (tertiary/aromatic N) is 2. The van der Waals surface area contributed by atoms with E-state index in [1.165, 1.54) is 19.3 Å². The molecule has 0 aliphatic rings. The molecule has 2 aromatic rings. The molecule has 0 amide bonds. The second-order valence-corrected chi connectivity index (χ2v) is 5.82. The second kappa shape index (κ2) is 6.74. The number of hydrogen-bond donors (Lipinski definition) is 1. The lowest BCUT2D eigenvalue weighted by molar-refractivity contribution is 0.0698. The van der Waals surface area contributed by atoms with Crippen LogP contribution in [-0.4, -0.2) is 20.6 Å². The molecule has 21 heavy (non-hydrogen) atoms. The maximum atomic E-state index is 11.5. The van der Waals surface area contributed by atoms with E-state index in [1.807, 2.05) is 6.07 Å². The van der Waals surface area contributed by atoms with Crippen LogP contribution in [0.1, 0.15) is 68.6 Å². The molecule has 1 aromatic carbocycles. The number of carboxylic acids is 1. The van der Waals surface area contributed by atoms with Crippen LogP contribution in [0.15, 0.2) is 18.2 Å². The monoisotopic (exact) mass is 288 g/mol. The van der Waals surface area contributed by atoms with Crippen molar-refractivity contribution in [1.82, 2.24) is 9.55 Å². The van der Waals surface area contributed by atoms with Gasteiger partial charge in [-0.2, -0.15) is 0 Å². The van der Waals surface area contributed by atoms with Crippen LogP contribution in [0.5, 0.6) is 0 Å². The number of rotatable bonds is 7. The number of carboxylic acid groups (broad SMARTS) is 1. The first-order valence-electron chi connectivity index (χ1n) is 7.78. The molecule has 1 N–H and O–H groups in total. The molecular formula is C17H24N2O2. The van der Waals surface area contributed by atoms with Crippen molar-refractivity contribution in [2.75, 3.05) is 0 Å². The smallest absolute Gasteiger partial charge is 0.337 e. The molecule has 4 nitrogen and oxygen atoms in total. The highest BCUT2D eigenvalue weighted by Crippen LogP contribution is 2.25. The molecule has 1 heterocycles. The highest BCUT2D eigenvalue weighted by atomic mass is 16.4. The van der Waals surface area contributed by atoms with E-state index in [2.05, 4.69) is 30.3 Å². The Bertz CT molecular complexity index is 629. The fourth-order valence-electron chi connectivity index (χ4n) is 2.74. The van der Waals surface area contributed by atoms with Crippen molar-refractivity contribution in [2.45, 2.75) is 58.9 Å². The van der Waals surface area contributed by atoms with Gasteiger partial charge in [-0.3, -0.25) is 0 Å². The number of aromatic nitrogens is 2. The number of fused-ring (bicyclic) bond motifs is 1. The maximum absolute atomic E-state index is 11.5. The van der Waals surface area contributed by atoms with E-state index in [0.29, 0.717) is 5.56 Å². The molecule has 0 saturated heterocycles. The Hall–Kier alpha value is -1.84. The molecule has 1 aromatic heterocycles. The van der Waals surface area contributed by atoms with Gasteiger partial charge in [-0.25, -0.2) is 9.78 Å². The van der Waals surface area contributed by atoms with E-state index in [-0.39, 0.29) is 5.92 Å². The Morgan fingerprint density at radius 3 is 2.67 bits per heavy atom. The Kier molecular flexibility index (Phi) is 4.99. The Morgan fingerprint density at radius 2 is 2.05 bits per heavy atom. The third kappa shape index (κ3) is 3.26. The topological polar surface area (TPSA) is 55.1 Å². The molecule has 0 bridgehead atoms. The van der Waals surface area contributed by atoms with Crippen molar-refractivity contribution in [3.8, 4) is 0 Å². The fourth-order valence-corrected chi connectivity index (χ4v) is 2.74. The molecule has 0 unspecified atom stereocenters. The second-order valence-electron chi connectivity index (χ2n) is 5.82. The Morgan fingerprint density at radius 1 is 1.29 bits per heavy atom. The maximum Gasteiger partial charge on any atom is 0.337 e. The first-order valence-corrected chi connectivity index (χ1v) is 7.78. The highest BCUT2D eigenvalue weighted by molar-refractivity contribution is 6.01. The molecule has 0 radical (unpaired) electrons. The lowest BCUT2D eigenvalue weighted by Gasteiger charge is -2.12. The summed E-state index contributed by atoms with van der Waals surface area (Å²) in [6.45, 7) is 7.23. The van der Waals surface area contributed by atoms with Crippen molar-refractivity contribution >= 4 is 17.0 Å². The molecule has 0 saturated carbocycles. The number of hydrogen-bond acceptors (Lipinski definition) is 2. The zero-order valence-electron chi connectivity index (χ0n) is 13.1. The van der Waals surface area contributed by atoms with E-state index in [9.17, 15) is 9.90 Å². The zero-order valence-corrected chi connectivity index (χ0v) is 13.1. The molecule has 0 atom stereocenters. The third-order valence-electron chi connectivity index (χ3n) is 3.78. The van der Waals surface area contributed by atoms with E-state index in [1.54, 1.807) is 12.1 Å². The molecule has 0 fully saturated rings. The van der Waals surface area contributed by atoms with Gasteiger partial charge < -0.3 is 9.67 Å². The SMILES string of the molecule is CCCCCCn1c(C(C)C)nc2cccc(C(=O)O)c21. The lowest BCUT2D eigenvalue weighted by Crippen LogP contribution is -2.08. The normalized spacial score (nSPS) is 11.4. The van der Waals surface area contributed by atoms with Gasteiger partial charge in [0.1, 0.15) is 5.82 Å². The molecule has 0 spiro atoms. The van der Waals surface area contributed by atoms with Crippen molar-refractivity contribution in [3.63, 3.8) is 0 Å². The standard InChI is InChI=1S/C17H24N2O2/c1-4-5-6-7-11-19-15-13(17(20)21)9-8-10-14(15)18-16(19)12(2)3/h8-10,12H,4-7,11H2,1-3H3,(H,20,21). The summed E-state index contributed by atoms with van der Waals surface area (Å²) in [7, 11) is 0. The van der Waals surface area contributed by atoms with Gasteiger partial charge in [0, 0.05) is 12.5 Å². The number of aromatic carboxylic acids is 1. The van der Waals surface area contributed by atoms with Gasteiger partial charge in [-0.05, 0) is 18.6 Å². The molecule has 114 valence electrons. The van der Waals surface area contributed by atoms with Gasteiger partial charge >= 0.3 is 5.97 Å². The number of unbranched alkanes of at least 4 members (excludes halogenated alkanes) is 3. The minimum absolute atomic E-state index is 0.283. The first kappa shape index (κ1) is 15.5. The van der Waals surface area contributed by atoms with Gasteiger partial charge in [0.2, 0.25) is 0 Å². The summed E-state index contributed by atoms with van der Waals surface area (Å²) in [6, 6.07) is 5.33. The van der Waals surface area contributed by atoms with Crippen LogP contribution in [0, 0.1) is 0 Å². The summed E-state index contributed by atoms with van der Waals surface area (Å²) < 4.78 is 2.11. The predicted octanol–water partition coefficient (Wildman–Crippen LogP) is 4.44. The van der Waals surface area contributed by atoms with Crippen molar-refractivity contribution in [3.05, 3.63) is 29.6 Å². The lowest BCUT2D eigenvalue weighted by atomic mass is 10.1. The molecule has 4 heteroatoms. The zero-order chi connectivity index (χ0) is 15.4. The number of benzene rings is 1. The average Bonchev–Trinajstić information content (AvgIpc) is 2.82. The van der Waals surface area contributed by atoms with Crippen LogP contribution in [0.3, 0.4) is 0 Å². The van der Waals surface area contributed by atoms with Crippen LogP contribution < -0.4 is 0 Å². The van der Waals surface area contributed by atoms with E-state index >= 15 is 0 Å². The number of carbonyl (C=O) groups is 1. The fraction of sp³-hybridized carbons (Fsp3) is 0.529. The summed E-state index contributed by atoms with van der Waals surface area (Å²) in [5.74, 6) is 0.381. The van der Waals surface area contributed by atoms with Crippen molar-refractivity contribution in [2.24, 2.45) is 0 Å². The quantitative estimate of drug-likeness (QED) is 0.766. The van der Waals surface area contributed by atoms with E-state index in [4.69, 9.17) is 0 Å². The van der Waals surface area contributed by atoms with Crippen LogP contribution >= 0.6 is 0 Å². The van der Waals surface area contributed by atoms with Gasteiger partial charge in [0.15, 0.2) is 0 Å². The largest absolute Gasteiger partial charge is 0.478 e. The van der Waals surface area contributed by atoms with Gasteiger partial charge in [0.05, 0.1) is 16.6 Å². The minimum Gasteiger partial charge on any atom is -0.478 e. The first-order chi connectivity index (χ1) is 10.1. The van der Waals surface area contributed by atoms with Gasteiger partial charge in [-0.1, -0.05) is 46.1 Å². The van der Waals surface area contributed by atoms with E-state index in [0.717, 1.165) is 29.8 Å². The summed E-state index contributed by atoms with van der Waals surface area (Å²) in [5, 5.41) is 9.42. The molecular weight excluding hydrogens is 264 g/mol. The van der Waals surface area contributed by atoms with Crippen LogP contribution in [0.2, 0.25) is 0 Å². The number of para-hydroxylation sites is 1. The third-order valence-corrected chi connectivity index (χ3v) is 3.78. The summed E-state index contributed by atoms with van der Waals surface area (Å²) in [4.78, 5) is 16.1. The number of imidazole rings is 1. The van der Waals surface area contributed by atoms with Crippen LogP contribution in [0.4, 0.5) is 0 Å². The Labute approximate surface area is 125 Å². The van der Waals surface area contributed by atoms with Crippen LogP contribution in [0.25, 0.3) is 11.0 Å². The van der Waals surface area contributed by atoms with Crippen molar-refractivity contribution in [1.29, 1.82) is 0 Å². The predicted molar refractivity (Wildman–Crippen MR) is 84.9 cm³/mol. The molecule has 0 aliphatic carbocycles. The summed E-state index contributed by atoms with van der Waals surface area (Å²) in [6.07, 6.45) is 4.65. The minimum atomic E-state index is -0.884. The summed E-state index contributed by atoms with van der Waals surface area (Å²) >= 11 is 0. The van der Waals surface area contributed by atoms with Crippen LogP contribution in [-0.2, 0) is 6.54 Å². The van der Waals surface area contributed by atoms with Crippen molar-refractivity contribution < 1.29 is 9.90 Å². The van der Waals surface area contributed by atoms with E-state index < -0.39 is 5.97 Å². The van der Waals surface area contributed by atoms with Gasteiger partial charge in [0.25, 0.3) is 0 Å². The highest BCUT2D eigenvalue weighted by Gasteiger charge is 2.18. The molecule has 2 rings (SSSR count). The Balaban J connectivity index is 2.47. The summed E-state index contributed by atoms with van der Waals surface area (Å²) in [5.41, 5.74) is 1.90. The number of aryl methyl sites for hydroxylation is 1.